The molecule has 0 unspecified atom stereocenters. The first-order chi connectivity index (χ1) is 10.1. The Kier molecular flexibility index (Phi) is 9.46. The molecule has 0 spiro atoms. The Hall–Kier alpha value is -1.08. The van der Waals surface area contributed by atoms with Crippen LogP contribution in [0.2, 0.25) is 0 Å². The molecule has 0 fully saturated rings. The molecule has 0 aliphatic rings. The molecule has 2 rings (SSSR count). The third kappa shape index (κ3) is 5.49. The number of rotatable bonds is 7. The molecule has 1 amide bonds. The van der Waals surface area contributed by atoms with Crippen molar-refractivity contribution in [1.29, 1.82) is 0 Å². The van der Waals surface area contributed by atoms with Crippen LogP contribution in [0.15, 0.2) is 28.4 Å². The van der Waals surface area contributed by atoms with Crippen molar-refractivity contribution in [2.45, 2.75) is 38.6 Å². The minimum absolute atomic E-state index is 0. The van der Waals surface area contributed by atoms with E-state index in [-0.39, 0.29) is 42.7 Å². The van der Waals surface area contributed by atoms with Crippen molar-refractivity contribution in [2.75, 3.05) is 6.54 Å². The van der Waals surface area contributed by atoms with Crippen molar-refractivity contribution in [1.82, 2.24) is 10.3 Å². The number of carbonyl (C=O) groups excluding carboxylic acids is 1. The molecule has 0 aliphatic carbocycles. The molecule has 23 heavy (non-hydrogen) atoms. The standard InChI is InChI=1S/C15H21N3O2S.2ClH/c1-3-15(4-2,10-16)18-13(19)7-12-9-21-14(17-12)11-5-6-20-8-11;;/h5-6,8-9H,3-4,7,10,16H2,1-2H3,(H,18,19);2*1H. The van der Waals surface area contributed by atoms with Gasteiger partial charge in [0, 0.05) is 17.5 Å². The van der Waals surface area contributed by atoms with Crippen molar-refractivity contribution in [2.24, 2.45) is 5.73 Å². The Morgan fingerprint density at radius 2 is 2.09 bits per heavy atom. The van der Waals surface area contributed by atoms with Crippen LogP contribution in [0.5, 0.6) is 0 Å². The molecule has 2 aromatic rings. The molecule has 130 valence electrons. The van der Waals surface area contributed by atoms with E-state index in [2.05, 4.69) is 10.3 Å². The van der Waals surface area contributed by atoms with Crippen LogP contribution in [0.1, 0.15) is 32.4 Å². The zero-order valence-corrected chi connectivity index (χ0v) is 15.7. The predicted molar refractivity (Wildman–Crippen MR) is 98.5 cm³/mol. The Bertz CT molecular complexity index is 575. The molecular formula is C15H23Cl2N3O2S. The maximum atomic E-state index is 12.2. The minimum atomic E-state index is -0.305. The number of aromatic nitrogens is 1. The van der Waals surface area contributed by atoms with Crippen LogP contribution < -0.4 is 11.1 Å². The molecule has 8 heteroatoms. The quantitative estimate of drug-likeness (QED) is 0.771. The van der Waals surface area contributed by atoms with E-state index in [1.165, 1.54) is 11.3 Å². The highest BCUT2D eigenvalue weighted by atomic mass is 35.5. The van der Waals surface area contributed by atoms with Gasteiger partial charge in [0.15, 0.2) is 0 Å². The van der Waals surface area contributed by atoms with Crippen LogP contribution in [0.4, 0.5) is 0 Å². The first-order valence-electron chi connectivity index (χ1n) is 7.10. The summed E-state index contributed by atoms with van der Waals surface area (Å²) >= 11 is 1.51. The summed E-state index contributed by atoms with van der Waals surface area (Å²) < 4.78 is 5.04. The van der Waals surface area contributed by atoms with Crippen LogP contribution in [0.3, 0.4) is 0 Å². The van der Waals surface area contributed by atoms with Crippen molar-refractivity contribution in [3.05, 3.63) is 29.7 Å². The number of nitrogens with zero attached hydrogens (tertiary/aromatic N) is 1. The predicted octanol–water partition coefficient (Wildman–Crippen LogP) is 3.42. The van der Waals surface area contributed by atoms with Gasteiger partial charge in [-0.1, -0.05) is 13.8 Å². The van der Waals surface area contributed by atoms with Crippen molar-refractivity contribution >= 4 is 42.1 Å². The molecule has 0 radical (unpaired) electrons. The number of hydrogen-bond donors (Lipinski definition) is 2. The lowest BCUT2D eigenvalue weighted by Crippen LogP contribution is -2.53. The Morgan fingerprint density at radius 3 is 2.61 bits per heavy atom. The lowest BCUT2D eigenvalue weighted by atomic mass is 9.92. The molecule has 0 aliphatic heterocycles. The third-order valence-corrected chi connectivity index (χ3v) is 4.75. The van der Waals surface area contributed by atoms with E-state index in [1.54, 1.807) is 12.5 Å². The lowest BCUT2D eigenvalue weighted by Gasteiger charge is -2.31. The average molecular weight is 380 g/mol. The van der Waals surface area contributed by atoms with Gasteiger partial charge in [0.25, 0.3) is 0 Å². The molecule has 0 saturated carbocycles. The fourth-order valence-corrected chi connectivity index (χ4v) is 2.98. The van der Waals surface area contributed by atoms with Gasteiger partial charge in [-0.15, -0.1) is 36.2 Å². The summed E-state index contributed by atoms with van der Waals surface area (Å²) in [7, 11) is 0. The van der Waals surface area contributed by atoms with E-state index in [9.17, 15) is 4.79 Å². The van der Waals surface area contributed by atoms with Gasteiger partial charge >= 0.3 is 0 Å². The van der Waals surface area contributed by atoms with Gasteiger partial charge in [0.1, 0.15) is 11.3 Å². The van der Waals surface area contributed by atoms with Gasteiger partial charge in [0.05, 0.1) is 23.9 Å². The average Bonchev–Trinajstić information content (AvgIpc) is 3.15. The number of nitrogens with one attached hydrogen (secondary N) is 1. The van der Waals surface area contributed by atoms with E-state index in [4.69, 9.17) is 10.2 Å². The number of amides is 1. The van der Waals surface area contributed by atoms with Gasteiger partial charge in [-0.2, -0.15) is 0 Å². The minimum Gasteiger partial charge on any atom is -0.472 e. The Balaban J connectivity index is 0.00000242. The topological polar surface area (TPSA) is 81.1 Å². The van der Waals surface area contributed by atoms with Crippen molar-refractivity contribution in [3.8, 4) is 10.6 Å². The van der Waals surface area contributed by atoms with Gasteiger partial charge in [-0.05, 0) is 18.9 Å². The molecule has 3 N–H and O–H groups in total. The van der Waals surface area contributed by atoms with E-state index >= 15 is 0 Å². The van der Waals surface area contributed by atoms with Gasteiger partial charge in [-0.25, -0.2) is 4.98 Å². The van der Waals surface area contributed by atoms with Crippen LogP contribution in [-0.2, 0) is 11.2 Å². The molecule has 5 nitrogen and oxygen atoms in total. The smallest absolute Gasteiger partial charge is 0.226 e. The van der Waals surface area contributed by atoms with Crippen LogP contribution in [0.25, 0.3) is 10.6 Å². The molecule has 0 bridgehead atoms. The summed E-state index contributed by atoms with van der Waals surface area (Å²) in [5, 5.41) is 5.82. The van der Waals surface area contributed by atoms with Gasteiger partial charge < -0.3 is 15.5 Å². The van der Waals surface area contributed by atoms with Crippen LogP contribution in [0, 0.1) is 0 Å². The molecule has 2 aromatic heterocycles. The van der Waals surface area contributed by atoms with E-state index in [0.29, 0.717) is 6.54 Å². The zero-order valence-electron chi connectivity index (χ0n) is 13.2. The Labute approximate surface area is 152 Å². The second kappa shape index (κ2) is 9.93. The first-order valence-corrected chi connectivity index (χ1v) is 7.98. The maximum absolute atomic E-state index is 12.2. The normalized spacial score (nSPS) is 10.6. The molecule has 0 saturated heterocycles. The summed E-state index contributed by atoms with van der Waals surface area (Å²) in [5.41, 5.74) is 7.20. The number of hydrogen-bond acceptors (Lipinski definition) is 5. The molecular weight excluding hydrogens is 357 g/mol. The highest BCUT2D eigenvalue weighted by molar-refractivity contribution is 7.13. The van der Waals surface area contributed by atoms with Crippen molar-refractivity contribution in [3.63, 3.8) is 0 Å². The molecule has 0 atom stereocenters. The molecule has 0 aromatic carbocycles. The number of nitrogens with two attached hydrogens (primary N) is 1. The van der Waals surface area contributed by atoms with E-state index in [1.807, 2.05) is 25.3 Å². The fourth-order valence-electron chi connectivity index (χ4n) is 2.18. The SMILES string of the molecule is CCC(CC)(CN)NC(=O)Cc1csc(-c2ccoc2)n1.Cl.Cl. The second-order valence-corrected chi connectivity index (χ2v) is 5.93. The summed E-state index contributed by atoms with van der Waals surface area (Å²) in [6.07, 6.45) is 5.18. The van der Waals surface area contributed by atoms with Crippen LogP contribution in [-0.4, -0.2) is 23.0 Å². The van der Waals surface area contributed by atoms with E-state index in [0.717, 1.165) is 29.1 Å². The monoisotopic (exact) mass is 379 g/mol. The summed E-state index contributed by atoms with van der Waals surface area (Å²) in [5.74, 6) is -0.0341. The van der Waals surface area contributed by atoms with E-state index < -0.39 is 0 Å². The largest absolute Gasteiger partial charge is 0.472 e. The number of furan rings is 1. The second-order valence-electron chi connectivity index (χ2n) is 5.07. The lowest BCUT2D eigenvalue weighted by molar-refractivity contribution is -0.122. The third-order valence-electron chi connectivity index (χ3n) is 3.81. The maximum Gasteiger partial charge on any atom is 0.226 e. The van der Waals surface area contributed by atoms with Crippen molar-refractivity contribution < 1.29 is 9.21 Å². The number of thiazole rings is 1. The Morgan fingerprint density at radius 1 is 1.39 bits per heavy atom. The highest BCUT2D eigenvalue weighted by Crippen LogP contribution is 2.24. The summed E-state index contributed by atoms with van der Waals surface area (Å²) in [4.78, 5) is 16.6. The zero-order chi connectivity index (χ0) is 15.3. The molecule has 2 heterocycles. The fraction of sp³-hybridized carbons (Fsp3) is 0.467. The first kappa shape index (κ1) is 21.9. The number of halogens is 2. The van der Waals surface area contributed by atoms with Gasteiger partial charge in [0.2, 0.25) is 5.91 Å². The summed E-state index contributed by atoms with van der Waals surface area (Å²) in [6.45, 7) is 4.52. The van der Waals surface area contributed by atoms with Gasteiger partial charge in [-0.3, -0.25) is 4.79 Å². The highest BCUT2D eigenvalue weighted by Gasteiger charge is 2.26. The summed E-state index contributed by atoms with van der Waals surface area (Å²) in [6, 6.07) is 1.86. The number of carbonyl (C=O) groups is 1. The van der Waals surface area contributed by atoms with Crippen LogP contribution >= 0.6 is 36.2 Å².